The topological polar surface area (TPSA) is 28.6 Å². The molecule has 1 aromatic heterocycles. The zero-order valence-electron chi connectivity index (χ0n) is 18.3. The molecular formula is C26H30FN3O. The molecule has 2 aromatic carbocycles. The Hall–Kier alpha value is -2.92. The Morgan fingerprint density at radius 1 is 1.00 bits per heavy atom. The molecular weight excluding hydrogens is 389 g/mol. The molecule has 0 aliphatic carbocycles. The molecule has 1 saturated heterocycles. The van der Waals surface area contributed by atoms with E-state index in [0.29, 0.717) is 17.0 Å². The highest BCUT2D eigenvalue weighted by Crippen LogP contribution is 2.35. The lowest BCUT2D eigenvalue weighted by Gasteiger charge is -2.35. The standard InChI is InChI=1S/C26H30FN3O/c1-3-29-14-16-30(17-15-29)22-11-7-10-21(18-22)23(27)19-24-26(20-8-5-4-6-9-20)25(31-2)12-13-28-24/h4-13,18,23H,3,14-17,19H2,1-2H3. The minimum absolute atomic E-state index is 0.203. The van der Waals surface area contributed by atoms with Crippen LogP contribution in [0.5, 0.6) is 5.75 Å². The number of aromatic nitrogens is 1. The van der Waals surface area contributed by atoms with Crippen LogP contribution in [0, 0.1) is 0 Å². The number of pyridine rings is 1. The van der Waals surface area contributed by atoms with Gasteiger partial charge in [0.2, 0.25) is 0 Å². The maximum absolute atomic E-state index is 15.5. The van der Waals surface area contributed by atoms with Crippen molar-refractivity contribution in [3.05, 3.63) is 78.1 Å². The number of rotatable bonds is 7. The monoisotopic (exact) mass is 419 g/mol. The Morgan fingerprint density at radius 3 is 2.48 bits per heavy atom. The lowest BCUT2D eigenvalue weighted by molar-refractivity contribution is 0.271. The summed E-state index contributed by atoms with van der Waals surface area (Å²) in [6.07, 6.45) is 0.754. The number of hydrogen-bond donors (Lipinski definition) is 0. The van der Waals surface area contributed by atoms with Gasteiger partial charge in [-0.25, -0.2) is 4.39 Å². The Kier molecular flexibility index (Phi) is 6.82. The molecule has 162 valence electrons. The van der Waals surface area contributed by atoms with Gasteiger partial charge in [0.1, 0.15) is 11.9 Å². The smallest absolute Gasteiger partial charge is 0.131 e. The van der Waals surface area contributed by atoms with E-state index in [2.05, 4.69) is 27.8 Å². The zero-order chi connectivity index (χ0) is 21.6. The number of nitrogens with zero attached hydrogens (tertiary/aromatic N) is 3. The van der Waals surface area contributed by atoms with Crippen LogP contribution in [0.1, 0.15) is 24.4 Å². The van der Waals surface area contributed by atoms with Crippen LogP contribution in [0.4, 0.5) is 10.1 Å². The fourth-order valence-corrected chi connectivity index (χ4v) is 4.25. The summed E-state index contributed by atoms with van der Waals surface area (Å²) in [5.41, 5.74) is 4.34. The van der Waals surface area contributed by atoms with Gasteiger partial charge in [-0.3, -0.25) is 4.98 Å². The van der Waals surface area contributed by atoms with Crippen LogP contribution in [-0.2, 0) is 6.42 Å². The van der Waals surface area contributed by atoms with Gasteiger partial charge < -0.3 is 14.5 Å². The Labute approximate surface area is 184 Å². The molecule has 4 rings (SSSR count). The molecule has 1 unspecified atom stereocenters. The van der Waals surface area contributed by atoms with Crippen molar-refractivity contribution >= 4 is 5.69 Å². The molecule has 4 nitrogen and oxygen atoms in total. The maximum atomic E-state index is 15.5. The van der Waals surface area contributed by atoms with E-state index >= 15 is 4.39 Å². The summed E-state index contributed by atoms with van der Waals surface area (Å²) >= 11 is 0. The van der Waals surface area contributed by atoms with Crippen molar-refractivity contribution in [1.82, 2.24) is 9.88 Å². The molecule has 1 aliphatic heterocycles. The van der Waals surface area contributed by atoms with Crippen molar-refractivity contribution in [2.75, 3.05) is 44.7 Å². The third kappa shape index (κ3) is 4.88. The summed E-state index contributed by atoms with van der Waals surface area (Å²) in [4.78, 5) is 9.31. The van der Waals surface area contributed by atoms with Crippen LogP contribution in [0.15, 0.2) is 66.9 Å². The average molecular weight is 420 g/mol. The molecule has 0 N–H and O–H groups in total. The van der Waals surface area contributed by atoms with Crippen molar-refractivity contribution in [1.29, 1.82) is 0 Å². The second kappa shape index (κ2) is 9.92. The maximum Gasteiger partial charge on any atom is 0.131 e. The minimum atomic E-state index is -1.14. The third-order valence-corrected chi connectivity index (χ3v) is 6.06. The van der Waals surface area contributed by atoms with Gasteiger partial charge in [-0.05, 0) is 35.9 Å². The number of hydrogen-bond acceptors (Lipinski definition) is 4. The predicted octanol–water partition coefficient (Wildman–Crippen LogP) is 5.15. The highest BCUT2D eigenvalue weighted by Gasteiger charge is 2.20. The molecule has 3 aromatic rings. The summed E-state index contributed by atoms with van der Waals surface area (Å²) < 4.78 is 21.1. The second-order valence-electron chi connectivity index (χ2n) is 7.89. The highest BCUT2D eigenvalue weighted by molar-refractivity contribution is 5.72. The van der Waals surface area contributed by atoms with Gasteiger partial charge in [0.05, 0.1) is 12.8 Å². The normalized spacial score (nSPS) is 15.6. The van der Waals surface area contributed by atoms with Crippen LogP contribution < -0.4 is 9.64 Å². The number of methoxy groups -OCH3 is 1. The molecule has 1 fully saturated rings. The molecule has 2 heterocycles. The van der Waals surface area contributed by atoms with Crippen LogP contribution in [0.2, 0.25) is 0 Å². The van der Waals surface area contributed by atoms with Crippen LogP contribution in [0.3, 0.4) is 0 Å². The fraction of sp³-hybridized carbons (Fsp3) is 0.346. The van der Waals surface area contributed by atoms with Crippen molar-refractivity contribution < 1.29 is 9.13 Å². The average Bonchev–Trinajstić information content (AvgIpc) is 2.84. The number of piperazine rings is 1. The molecule has 0 saturated carbocycles. The first-order valence-corrected chi connectivity index (χ1v) is 11.0. The van der Waals surface area contributed by atoms with Gasteiger partial charge in [-0.2, -0.15) is 0 Å². The number of halogens is 1. The molecule has 5 heteroatoms. The summed E-state index contributed by atoms with van der Waals surface area (Å²) in [5.74, 6) is 0.714. The van der Waals surface area contributed by atoms with Gasteiger partial charge in [0.15, 0.2) is 0 Å². The number of ether oxygens (including phenoxy) is 1. The summed E-state index contributed by atoms with van der Waals surface area (Å²) in [6, 6.07) is 19.7. The molecule has 31 heavy (non-hydrogen) atoms. The molecule has 0 spiro atoms. The Bertz CT molecular complexity index is 987. The van der Waals surface area contributed by atoms with Crippen molar-refractivity contribution in [3.8, 4) is 16.9 Å². The van der Waals surface area contributed by atoms with E-state index in [4.69, 9.17) is 4.74 Å². The minimum Gasteiger partial charge on any atom is -0.496 e. The van der Waals surface area contributed by atoms with Crippen LogP contribution >= 0.6 is 0 Å². The first-order chi connectivity index (χ1) is 15.2. The number of alkyl halides is 1. The SMILES string of the molecule is CCN1CCN(c2cccc(C(F)Cc3nccc(OC)c3-c3ccccc3)c2)CC1. The molecule has 0 radical (unpaired) electrons. The highest BCUT2D eigenvalue weighted by atomic mass is 19.1. The Balaban J connectivity index is 1.56. The van der Waals surface area contributed by atoms with E-state index < -0.39 is 6.17 Å². The first kappa shape index (κ1) is 21.3. The summed E-state index contributed by atoms with van der Waals surface area (Å²) in [5, 5.41) is 0. The largest absolute Gasteiger partial charge is 0.496 e. The summed E-state index contributed by atoms with van der Waals surface area (Å²) in [6.45, 7) is 7.33. The third-order valence-electron chi connectivity index (χ3n) is 6.06. The van der Waals surface area contributed by atoms with Gasteiger partial charge in [-0.1, -0.05) is 49.4 Å². The number of likely N-dealkylation sites (N-methyl/N-ethyl adjacent to an activating group) is 1. The van der Waals surface area contributed by atoms with Gasteiger partial charge >= 0.3 is 0 Å². The van der Waals surface area contributed by atoms with Crippen molar-refractivity contribution in [2.24, 2.45) is 0 Å². The quantitative estimate of drug-likeness (QED) is 0.529. The van der Waals surface area contributed by atoms with Crippen LogP contribution in [-0.4, -0.2) is 49.7 Å². The van der Waals surface area contributed by atoms with E-state index in [1.165, 1.54) is 0 Å². The predicted molar refractivity (Wildman–Crippen MR) is 125 cm³/mol. The number of anilines is 1. The molecule has 1 aliphatic rings. The second-order valence-corrected chi connectivity index (χ2v) is 7.89. The lowest BCUT2D eigenvalue weighted by atomic mass is 9.97. The Morgan fingerprint density at radius 2 is 1.77 bits per heavy atom. The zero-order valence-corrected chi connectivity index (χ0v) is 18.3. The fourth-order valence-electron chi connectivity index (χ4n) is 4.25. The van der Waals surface area contributed by atoms with Gasteiger partial charge in [-0.15, -0.1) is 0 Å². The van der Waals surface area contributed by atoms with Crippen LogP contribution in [0.25, 0.3) is 11.1 Å². The van der Waals surface area contributed by atoms with E-state index in [0.717, 1.165) is 49.5 Å². The molecule has 1 atom stereocenters. The van der Waals surface area contributed by atoms with Gasteiger partial charge in [0.25, 0.3) is 0 Å². The number of benzene rings is 2. The molecule has 0 amide bonds. The van der Waals surface area contributed by atoms with E-state index in [1.54, 1.807) is 13.3 Å². The van der Waals surface area contributed by atoms with Gasteiger partial charge in [0, 0.05) is 50.0 Å². The van der Waals surface area contributed by atoms with Crippen molar-refractivity contribution in [3.63, 3.8) is 0 Å². The van der Waals surface area contributed by atoms with E-state index in [-0.39, 0.29) is 6.42 Å². The van der Waals surface area contributed by atoms with E-state index in [1.807, 2.05) is 54.6 Å². The summed E-state index contributed by atoms with van der Waals surface area (Å²) in [7, 11) is 1.64. The molecule has 0 bridgehead atoms. The van der Waals surface area contributed by atoms with Crippen molar-refractivity contribution in [2.45, 2.75) is 19.5 Å². The first-order valence-electron chi connectivity index (χ1n) is 11.0. The van der Waals surface area contributed by atoms with E-state index in [9.17, 15) is 0 Å². The lowest BCUT2D eigenvalue weighted by Crippen LogP contribution is -2.46.